The molecule has 7 nitrogen and oxygen atoms in total. The lowest BCUT2D eigenvalue weighted by atomic mass is 10.1. The average molecular weight is 419 g/mol. The third-order valence-electron chi connectivity index (χ3n) is 5.77. The van der Waals surface area contributed by atoms with Crippen molar-refractivity contribution in [2.24, 2.45) is 0 Å². The fourth-order valence-corrected chi connectivity index (χ4v) is 4.13. The van der Waals surface area contributed by atoms with E-state index in [1.165, 1.54) is 4.90 Å². The van der Waals surface area contributed by atoms with Crippen molar-refractivity contribution in [2.75, 3.05) is 6.54 Å². The van der Waals surface area contributed by atoms with Gasteiger partial charge in [-0.3, -0.25) is 4.79 Å². The molecular formula is C24H21NO6. The minimum atomic E-state index is -0.986. The van der Waals surface area contributed by atoms with Crippen molar-refractivity contribution >= 4 is 33.8 Å². The van der Waals surface area contributed by atoms with Crippen LogP contribution >= 0.6 is 0 Å². The van der Waals surface area contributed by atoms with Gasteiger partial charge in [0.25, 0.3) is 5.91 Å². The minimum Gasteiger partial charge on any atom is -0.489 e. The van der Waals surface area contributed by atoms with Gasteiger partial charge in [-0.25, -0.2) is 4.79 Å². The van der Waals surface area contributed by atoms with Crippen LogP contribution < -0.4 is 4.74 Å². The molecule has 158 valence electrons. The Labute approximate surface area is 177 Å². The fourth-order valence-electron chi connectivity index (χ4n) is 4.13. The normalized spacial score (nSPS) is 16.3. The molecule has 1 atom stereocenters. The SMILES string of the molecule is Cc1oc(C(=O)N2CCC[C@@H]2C(=O)O)cc1COc1ccc2oc3ccccc3c2c1. The van der Waals surface area contributed by atoms with E-state index in [0.29, 0.717) is 30.9 Å². The molecule has 1 aliphatic rings. The van der Waals surface area contributed by atoms with Crippen LogP contribution in [0, 0.1) is 6.92 Å². The topological polar surface area (TPSA) is 93.1 Å². The number of benzene rings is 2. The van der Waals surface area contributed by atoms with E-state index in [2.05, 4.69) is 0 Å². The Morgan fingerprint density at radius 2 is 1.90 bits per heavy atom. The third kappa shape index (κ3) is 3.42. The number of aryl methyl sites for hydroxylation is 1. The number of amides is 1. The van der Waals surface area contributed by atoms with Crippen LogP contribution in [0.3, 0.4) is 0 Å². The molecule has 0 radical (unpaired) electrons. The largest absolute Gasteiger partial charge is 0.489 e. The number of rotatable bonds is 5. The summed E-state index contributed by atoms with van der Waals surface area (Å²) in [6, 6.07) is 14.3. The molecule has 1 aliphatic heterocycles. The summed E-state index contributed by atoms with van der Waals surface area (Å²) in [5.74, 6) is 0.00758. The second-order valence-electron chi connectivity index (χ2n) is 7.73. The fraction of sp³-hybridized carbons (Fsp3) is 0.250. The highest BCUT2D eigenvalue weighted by molar-refractivity contribution is 6.05. The molecule has 3 heterocycles. The van der Waals surface area contributed by atoms with E-state index >= 15 is 0 Å². The number of likely N-dealkylation sites (tertiary alicyclic amines) is 1. The number of carboxylic acid groups (broad SMARTS) is 1. The first kappa shape index (κ1) is 19.2. The first-order valence-corrected chi connectivity index (χ1v) is 10.2. The summed E-state index contributed by atoms with van der Waals surface area (Å²) in [6.45, 7) is 2.41. The number of nitrogens with zero attached hydrogens (tertiary/aromatic N) is 1. The maximum absolute atomic E-state index is 12.8. The van der Waals surface area contributed by atoms with Gasteiger partial charge in [0.1, 0.15) is 35.3 Å². The van der Waals surface area contributed by atoms with Crippen LogP contribution in [0.4, 0.5) is 0 Å². The number of hydrogen-bond acceptors (Lipinski definition) is 5. The van der Waals surface area contributed by atoms with Crippen LogP contribution in [0.5, 0.6) is 5.75 Å². The maximum atomic E-state index is 12.8. The number of carbonyl (C=O) groups excluding carboxylic acids is 1. The van der Waals surface area contributed by atoms with Gasteiger partial charge in [-0.2, -0.15) is 0 Å². The molecule has 1 amide bonds. The number of para-hydroxylation sites is 1. The van der Waals surface area contributed by atoms with Gasteiger partial charge in [0.2, 0.25) is 0 Å². The van der Waals surface area contributed by atoms with Crippen LogP contribution in [0.25, 0.3) is 21.9 Å². The molecule has 0 aliphatic carbocycles. The molecule has 1 saturated heterocycles. The number of ether oxygens (including phenoxy) is 1. The zero-order valence-corrected chi connectivity index (χ0v) is 17.0. The average Bonchev–Trinajstić information content (AvgIpc) is 3.48. The molecule has 0 bridgehead atoms. The van der Waals surface area contributed by atoms with Gasteiger partial charge in [-0.05, 0) is 50.1 Å². The van der Waals surface area contributed by atoms with Gasteiger partial charge in [0, 0.05) is 22.9 Å². The Morgan fingerprint density at radius 3 is 2.74 bits per heavy atom. The lowest BCUT2D eigenvalue weighted by molar-refractivity contribution is -0.141. The van der Waals surface area contributed by atoms with E-state index < -0.39 is 17.9 Å². The van der Waals surface area contributed by atoms with Crippen LogP contribution in [-0.4, -0.2) is 34.5 Å². The maximum Gasteiger partial charge on any atom is 0.326 e. The number of hydrogen-bond donors (Lipinski definition) is 1. The number of fused-ring (bicyclic) bond motifs is 3. The molecule has 1 fully saturated rings. The van der Waals surface area contributed by atoms with Gasteiger partial charge in [0.15, 0.2) is 5.76 Å². The van der Waals surface area contributed by atoms with Crippen molar-refractivity contribution in [3.05, 3.63) is 65.6 Å². The molecule has 5 rings (SSSR count). The number of carbonyl (C=O) groups is 2. The lowest BCUT2D eigenvalue weighted by Crippen LogP contribution is -2.40. The highest BCUT2D eigenvalue weighted by Gasteiger charge is 2.35. The quantitative estimate of drug-likeness (QED) is 0.502. The second-order valence-corrected chi connectivity index (χ2v) is 7.73. The van der Waals surface area contributed by atoms with Crippen molar-refractivity contribution in [3.8, 4) is 5.75 Å². The molecule has 0 saturated carbocycles. The van der Waals surface area contributed by atoms with E-state index in [0.717, 1.165) is 27.5 Å². The number of carboxylic acids is 1. The Morgan fingerprint density at radius 1 is 1.10 bits per heavy atom. The van der Waals surface area contributed by atoms with Crippen LogP contribution in [0.1, 0.15) is 34.7 Å². The summed E-state index contributed by atoms with van der Waals surface area (Å²) in [5.41, 5.74) is 2.36. The summed E-state index contributed by atoms with van der Waals surface area (Å²) in [7, 11) is 0. The van der Waals surface area contributed by atoms with E-state index in [-0.39, 0.29) is 12.4 Å². The van der Waals surface area contributed by atoms with E-state index in [4.69, 9.17) is 13.6 Å². The van der Waals surface area contributed by atoms with E-state index in [1.54, 1.807) is 13.0 Å². The molecular weight excluding hydrogens is 398 g/mol. The summed E-state index contributed by atoms with van der Waals surface area (Å²) in [4.78, 5) is 25.5. The summed E-state index contributed by atoms with van der Waals surface area (Å²) in [6.07, 6.45) is 1.13. The molecule has 2 aromatic carbocycles. The summed E-state index contributed by atoms with van der Waals surface area (Å²) in [5, 5.41) is 11.3. The van der Waals surface area contributed by atoms with Crippen LogP contribution in [0.2, 0.25) is 0 Å². The van der Waals surface area contributed by atoms with Crippen molar-refractivity contribution in [1.29, 1.82) is 0 Å². The Bertz CT molecular complexity index is 1300. The predicted molar refractivity (Wildman–Crippen MR) is 113 cm³/mol. The Balaban J connectivity index is 1.34. The molecule has 0 spiro atoms. The van der Waals surface area contributed by atoms with Gasteiger partial charge in [0.05, 0.1) is 0 Å². The summed E-state index contributed by atoms with van der Waals surface area (Å²) < 4.78 is 17.4. The van der Waals surface area contributed by atoms with E-state index in [9.17, 15) is 14.7 Å². The number of furan rings is 2. The molecule has 7 heteroatoms. The molecule has 2 aromatic heterocycles. The van der Waals surface area contributed by atoms with Gasteiger partial charge < -0.3 is 23.6 Å². The highest BCUT2D eigenvalue weighted by atomic mass is 16.5. The van der Waals surface area contributed by atoms with Gasteiger partial charge >= 0.3 is 5.97 Å². The minimum absolute atomic E-state index is 0.139. The first-order valence-electron chi connectivity index (χ1n) is 10.2. The first-order chi connectivity index (χ1) is 15.0. The molecule has 0 unspecified atom stereocenters. The van der Waals surface area contributed by atoms with Gasteiger partial charge in [-0.1, -0.05) is 18.2 Å². The van der Waals surface area contributed by atoms with E-state index in [1.807, 2.05) is 42.5 Å². The zero-order chi connectivity index (χ0) is 21.5. The van der Waals surface area contributed by atoms with Crippen LogP contribution in [0.15, 0.2) is 57.4 Å². The molecule has 1 N–H and O–H groups in total. The standard InChI is InChI=1S/C24H21NO6/c1-14-15(11-22(30-14)23(26)25-10-4-6-19(25)24(27)28)13-29-16-8-9-21-18(12-16)17-5-2-3-7-20(17)31-21/h2-3,5,7-9,11-12,19H,4,6,10,13H2,1H3,(H,27,28)/t19-/m1/s1. The highest BCUT2D eigenvalue weighted by Crippen LogP contribution is 2.32. The Hall–Kier alpha value is -3.74. The van der Waals surface area contributed by atoms with Crippen LogP contribution in [-0.2, 0) is 11.4 Å². The van der Waals surface area contributed by atoms with Crippen molar-refractivity contribution in [1.82, 2.24) is 4.90 Å². The summed E-state index contributed by atoms with van der Waals surface area (Å²) >= 11 is 0. The predicted octanol–water partition coefficient (Wildman–Crippen LogP) is 4.76. The monoisotopic (exact) mass is 419 g/mol. The smallest absolute Gasteiger partial charge is 0.326 e. The Kier molecular flexibility index (Phi) is 4.66. The van der Waals surface area contributed by atoms with Crippen molar-refractivity contribution in [2.45, 2.75) is 32.4 Å². The van der Waals surface area contributed by atoms with Crippen molar-refractivity contribution < 1.29 is 28.3 Å². The molecule has 31 heavy (non-hydrogen) atoms. The lowest BCUT2D eigenvalue weighted by Gasteiger charge is -2.19. The van der Waals surface area contributed by atoms with Crippen molar-refractivity contribution in [3.63, 3.8) is 0 Å². The molecule has 4 aromatic rings. The number of aliphatic carboxylic acids is 1. The zero-order valence-electron chi connectivity index (χ0n) is 17.0. The third-order valence-corrected chi connectivity index (χ3v) is 5.77. The second kappa shape index (κ2) is 7.50. The van der Waals surface area contributed by atoms with Gasteiger partial charge in [-0.15, -0.1) is 0 Å².